The highest BCUT2D eigenvalue weighted by Crippen LogP contribution is 2.32. The molecule has 0 aliphatic carbocycles. The van der Waals surface area contributed by atoms with Gasteiger partial charge in [0.15, 0.2) is 0 Å². The van der Waals surface area contributed by atoms with Crippen molar-refractivity contribution in [2.75, 3.05) is 44.3 Å². The Morgan fingerprint density at radius 2 is 1.67 bits per heavy atom. The number of carbonyl (C=O) groups excluding carboxylic acids is 2. The number of anilines is 1. The van der Waals surface area contributed by atoms with Crippen LogP contribution in [0.1, 0.15) is 39.2 Å². The molecule has 2 saturated heterocycles. The molecule has 0 spiro atoms. The van der Waals surface area contributed by atoms with E-state index in [1.54, 1.807) is 4.90 Å². The predicted molar refractivity (Wildman–Crippen MR) is 106 cm³/mol. The van der Waals surface area contributed by atoms with Crippen LogP contribution in [0.2, 0.25) is 0 Å². The third-order valence-corrected chi connectivity index (χ3v) is 5.37. The first-order chi connectivity index (χ1) is 12.9. The zero-order chi connectivity index (χ0) is 19.4. The van der Waals surface area contributed by atoms with E-state index in [1.807, 2.05) is 0 Å². The van der Waals surface area contributed by atoms with Crippen molar-refractivity contribution in [3.8, 4) is 0 Å². The molecular formula is C21H31N3O3. The number of rotatable bonds is 2. The summed E-state index contributed by atoms with van der Waals surface area (Å²) in [5.74, 6) is -0.893. The van der Waals surface area contributed by atoms with Crippen molar-refractivity contribution in [1.82, 2.24) is 10.2 Å². The van der Waals surface area contributed by atoms with Gasteiger partial charge in [0.1, 0.15) is 0 Å². The first-order valence-corrected chi connectivity index (χ1v) is 9.88. The van der Waals surface area contributed by atoms with Crippen molar-refractivity contribution in [3.05, 3.63) is 29.8 Å². The second-order valence-electron chi connectivity index (χ2n) is 8.41. The van der Waals surface area contributed by atoms with Crippen LogP contribution in [-0.4, -0.2) is 62.1 Å². The number of benzene rings is 1. The molecule has 2 heterocycles. The molecule has 6 heteroatoms. The summed E-state index contributed by atoms with van der Waals surface area (Å²) in [5, 5.41) is 2.86. The summed E-state index contributed by atoms with van der Waals surface area (Å²) in [5.41, 5.74) is 2.60. The Kier molecular flexibility index (Phi) is 6.05. The van der Waals surface area contributed by atoms with Crippen molar-refractivity contribution in [1.29, 1.82) is 0 Å². The fourth-order valence-electron chi connectivity index (χ4n) is 3.77. The van der Waals surface area contributed by atoms with Gasteiger partial charge in [-0.25, -0.2) is 0 Å². The SMILES string of the molecule is CC(C)(C)c1ccccc1N1CCN(C(=O)C(=O)NC2CCOCC2)CC1. The molecule has 27 heavy (non-hydrogen) atoms. The van der Waals surface area contributed by atoms with E-state index in [0.717, 1.165) is 25.9 Å². The average molecular weight is 373 g/mol. The third kappa shape index (κ3) is 4.80. The van der Waals surface area contributed by atoms with Crippen LogP contribution in [0.25, 0.3) is 0 Å². The molecule has 2 aliphatic heterocycles. The standard InChI is InChI=1S/C21H31N3O3/c1-21(2,3)17-6-4-5-7-18(17)23-10-12-24(13-11-23)20(26)19(25)22-16-8-14-27-15-9-16/h4-7,16H,8-15H2,1-3H3,(H,22,25). The van der Waals surface area contributed by atoms with Crippen LogP contribution in [-0.2, 0) is 19.7 Å². The van der Waals surface area contributed by atoms with E-state index in [1.165, 1.54) is 11.3 Å². The van der Waals surface area contributed by atoms with E-state index in [-0.39, 0.29) is 11.5 Å². The zero-order valence-electron chi connectivity index (χ0n) is 16.7. The van der Waals surface area contributed by atoms with Gasteiger partial charge in [-0.3, -0.25) is 9.59 Å². The number of nitrogens with one attached hydrogen (secondary N) is 1. The van der Waals surface area contributed by atoms with Gasteiger partial charge >= 0.3 is 11.8 Å². The fraction of sp³-hybridized carbons (Fsp3) is 0.619. The minimum Gasteiger partial charge on any atom is -0.381 e. The van der Waals surface area contributed by atoms with E-state index in [4.69, 9.17) is 4.74 Å². The van der Waals surface area contributed by atoms with Gasteiger partial charge in [-0.2, -0.15) is 0 Å². The van der Waals surface area contributed by atoms with Crippen molar-refractivity contribution < 1.29 is 14.3 Å². The van der Waals surface area contributed by atoms with Crippen molar-refractivity contribution >= 4 is 17.5 Å². The molecule has 2 aliphatic rings. The number of amides is 2. The van der Waals surface area contributed by atoms with Gasteiger partial charge in [0, 0.05) is 51.1 Å². The van der Waals surface area contributed by atoms with Crippen LogP contribution in [0.15, 0.2) is 24.3 Å². The quantitative estimate of drug-likeness (QED) is 0.805. The minimum absolute atomic E-state index is 0.0511. The van der Waals surface area contributed by atoms with Gasteiger partial charge in [-0.15, -0.1) is 0 Å². The van der Waals surface area contributed by atoms with Gasteiger partial charge in [0.25, 0.3) is 0 Å². The highest BCUT2D eigenvalue weighted by molar-refractivity contribution is 6.35. The molecule has 3 rings (SSSR count). The van der Waals surface area contributed by atoms with Gasteiger partial charge in [-0.1, -0.05) is 39.0 Å². The van der Waals surface area contributed by atoms with Gasteiger partial charge in [0.2, 0.25) is 0 Å². The molecule has 6 nitrogen and oxygen atoms in total. The third-order valence-electron chi connectivity index (χ3n) is 5.37. The number of carbonyl (C=O) groups is 2. The molecule has 0 aromatic heterocycles. The van der Waals surface area contributed by atoms with Crippen LogP contribution in [0, 0.1) is 0 Å². The van der Waals surface area contributed by atoms with Crippen LogP contribution in [0.5, 0.6) is 0 Å². The molecule has 1 aromatic carbocycles. The number of piperazine rings is 1. The number of nitrogens with zero attached hydrogens (tertiary/aromatic N) is 2. The lowest BCUT2D eigenvalue weighted by Crippen LogP contribution is -2.54. The number of ether oxygens (including phenoxy) is 1. The van der Waals surface area contributed by atoms with Gasteiger partial charge in [-0.05, 0) is 29.9 Å². The minimum atomic E-state index is -0.481. The normalized spacial score (nSPS) is 19.1. The maximum atomic E-state index is 12.5. The smallest absolute Gasteiger partial charge is 0.312 e. The molecule has 0 bridgehead atoms. The van der Waals surface area contributed by atoms with Crippen LogP contribution >= 0.6 is 0 Å². The summed E-state index contributed by atoms with van der Waals surface area (Å²) >= 11 is 0. The lowest BCUT2D eigenvalue weighted by atomic mass is 9.85. The molecule has 1 N–H and O–H groups in total. The molecule has 0 atom stereocenters. The van der Waals surface area contributed by atoms with Crippen LogP contribution in [0.3, 0.4) is 0 Å². The fourth-order valence-corrected chi connectivity index (χ4v) is 3.77. The van der Waals surface area contributed by atoms with E-state index in [9.17, 15) is 9.59 Å². The average Bonchev–Trinajstić information content (AvgIpc) is 2.67. The monoisotopic (exact) mass is 373 g/mol. The Morgan fingerprint density at radius 3 is 2.30 bits per heavy atom. The second-order valence-corrected chi connectivity index (χ2v) is 8.41. The van der Waals surface area contributed by atoms with Crippen molar-refractivity contribution in [2.24, 2.45) is 0 Å². The maximum Gasteiger partial charge on any atom is 0.312 e. The molecule has 2 amide bonds. The summed E-state index contributed by atoms with van der Waals surface area (Å²) in [6.07, 6.45) is 1.55. The first-order valence-electron chi connectivity index (χ1n) is 9.88. The van der Waals surface area contributed by atoms with Crippen LogP contribution in [0.4, 0.5) is 5.69 Å². The Balaban J connectivity index is 1.57. The van der Waals surface area contributed by atoms with Crippen LogP contribution < -0.4 is 10.2 Å². The summed E-state index contributed by atoms with van der Waals surface area (Å²) in [4.78, 5) is 28.8. The molecule has 0 unspecified atom stereocenters. The molecule has 0 radical (unpaired) electrons. The molecule has 2 fully saturated rings. The Labute approximate surface area is 161 Å². The lowest BCUT2D eigenvalue weighted by Gasteiger charge is -2.38. The molecular weight excluding hydrogens is 342 g/mol. The Hall–Kier alpha value is -2.08. The first kappa shape index (κ1) is 19.7. The molecule has 148 valence electrons. The summed E-state index contributed by atoms with van der Waals surface area (Å²) < 4.78 is 5.29. The number of para-hydroxylation sites is 1. The van der Waals surface area contributed by atoms with E-state index >= 15 is 0 Å². The summed E-state index contributed by atoms with van der Waals surface area (Å²) in [6, 6.07) is 8.51. The molecule has 1 aromatic rings. The maximum absolute atomic E-state index is 12.5. The van der Waals surface area contributed by atoms with E-state index in [0.29, 0.717) is 26.3 Å². The predicted octanol–water partition coefficient (Wildman–Crippen LogP) is 1.93. The van der Waals surface area contributed by atoms with Gasteiger partial charge < -0.3 is 19.9 Å². The second kappa shape index (κ2) is 8.30. The number of hydrogen-bond donors (Lipinski definition) is 1. The lowest BCUT2D eigenvalue weighted by molar-refractivity contribution is -0.146. The zero-order valence-corrected chi connectivity index (χ0v) is 16.7. The Bertz CT molecular complexity index is 669. The van der Waals surface area contributed by atoms with E-state index < -0.39 is 11.8 Å². The highest BCUT2D eigenvalue weighted by atomic mass is 16.5. The topological polar surface area (TPSA) is 61.9 Å². The Morgan fingerprint density at radius 1 is 1.04 bits per heavy atom. The number of hydrogen-bond acceptors (Lipinski definition) is 4. The molecule has 0 saturated carbocycles. The van der Waals surface area contributed by atoms with Crippen molar-refractivity contribution in [2.45, 2.75) is 45.1 Å². The summed E-state index contributed by atoms with van der Waals surface area (Å²) in [6.45, 7) is 10.5. The summed E-state index contributed by atoms with van der Waals surface area (Å²) in [7, 11) is 0. The highest BCUT2D eigenvalue weighted by Gasteiger charge is 2.29. The van der Waals surface area contributed by atoms with Crippen molar-refractivity contribution in [3.63, 3.8) is 0 Å². The van der Waals surface area contributed by atoms with Gasteiger partial charge in [0.05, 0.1) is 0 Å². The largest absolute Gasteiger partial charge is 0.381 e. The van der Waals surface area contributed by atoms with E-state index in [2.05, 4.69) is 55.3 Å².